The first-order valence-electron chi connectivity index (χ1n) is 12.6. The van der Waals surface area contributed by atoms with E-state index in [-0.39, 0.29) is 11.7 Å². The van der Waals surface area contributed by atoms with Crippen LogP contribution >= 0.6 is 0 Å². The molecule has 0 spiro atoms. The molecule has 1 amide bonds. The van der Waals surface area contributed by atoms with Crippen molar-refractivity contribution in [3.63, 3.8) is 0 Å². The number of nitrogens with one attached hydrogen (secondary N) is 1. The van der Waals surface area contributed by atoms with E-state index in [0.29, 0.717) is 23.7 Å². The zero-order valence-corrected chi connectivity index (χ0v) is 21.3. The summed E-state index contributed by atoms with van der Waals surface area (Å²) in [7, 11) is 0. The summed E-state index contributed by atoms with van der Waals surface area (Å²) in [6.07, 6.45) is -1.01. The number of pyridine rings is 1. The van der Waals surface area contributed by atoms with Gasteiger partial charge < -0.3 is 15.0 Å². The number of rotatable bonds is 6. The van der Waals surface area contributed by atoms with Crippen LogP contribution in [0.2, 0.25) is 0 Å². The second-order valence-corrected chi connectivity index (χ2v) is 9.67. The maximum atomic E-state index is 13.0. The number of anilines is 1. The molecule has 1 N–H and O–H groups in total. The minimum absolute atomic E-state index is 0.143. The fourth-order valence-electron chi connectivity index (χ4n) is 5.16. The number of carbonyl (C=O) groups excluding carboxylic acids is 1. The van der Waals surface area contributed by atoms with E-state index < -0.39 is 6.36 Å². The molecule has 1 saturated heterocycles. The molecule has 2 aromatic heterocycles. The Kier molecular flexibility index (Phi) is 7.01. The van der Waals surface area contributed by atoms with E-state index in [2.05, 4.69) is 32.2 Å². The summed E-state index contributed by atoms with van der Waals surface area (Å²) in [6, 6.07) is 18.3. The van der Waals surface area contributed by atoms with Gasteiger partial charge >= 0.3 is 6.36 Å². The molecule has 1 aliphatic rings. The molecular weight excluding hydrogens is 493 g/mol. The summed E-state index contributed by atoms with van der Waals surface area (Å²) in [6.45, 7) is 5.94. The largest absolute Gasteiger partial charge is 0.573 e. The predicted octanol–water partition coefficient (Wildman–Crippen LogP) is 6.16. The molecule has 0 saturated carbocycles. The maximum absolute atomic E-state index is 13.0. The zero-order chi connectivity index (χ0) is 26.9. The summed E-state index contributed by atoms with van der Waals surface area (Å²) in [5, 5.41) is 7.48. The van der Waals surface area contributed by atoms with Gasteiger partial charge in [0.05, 0.1) is 16.8 Å². The molecule has 9 heteroatoms. The number of nitrogens with zero attached hydrogens (tertiary/aromatic N) is 3. The van der Waals surface area contributed by atoms with Crippen LogP contribution in [0.25, 0.3) is 5.52 Å². The second kappa shape index (κ2) is 10.4. The fourth-order valence-corrected chi connectivity index (χ4v) is 5.16. The number of carbonyl (C=O) groups is 1. The number of aromatic nitrogens is 2. The number of aryl methyl sites for hydroxylation is 2. The molecule has 2 aromatic carbocycles. The van der Waals surface area contributed by atoms with Crippen LogP contribution in [0.1, 0.15) is 51.5 Å². The Morgan fingerprint density at radius 1 is 1.03 bits per heavy atom. The number of fused-ring (bicyclic) bond motifs is 1. The highest BCUT2D eigenvalue weighted by molar-refractivity contribution is 6.02. The van der Waals surface area contributed by atoms with Crippen LogP contribution in [0, 0.1) is 13.8 Å². The van der Waals surface area contributed by atoms with Crippen molar-refractivity contribution in [1.29, 1.82) is 0 Å². The topological polar surface area (TPSA) is 58.9 Å². The number of hydrogen-bond donors (Lipinski definition) is 1. The van der Waals surface area contributed by atoms with Crippen molar-refractivity contribution >= 4 is 17.1 Å². The molecule has 1 aliphatic heterocycles. The number of ether oxygens (including phenoxy) is 1. The summed E-state index contributed by atoms with van der Waals surface area (Å²) < 4.78 is 42.9. The molecule has 198 valence electrons. The lowest BCUT2D eigenvalue weighted by molar-refractivity contribution is -0.274. The first-order chi connectivity index (χ1) is 18.2. The minimum Gasteiger partial charge on any atom is -0.406 e. The van der Waals surface area contributed by atoms with E-state index in [4.69, 9.17) is 0 Å². The van der Waals surface area contributed by atoms with Gasteiger partial charge in [-0.05, 0) is 79.6 Å². The first-order valence-corrected chi connectivity index (χ1v) is 12.6. The quantitative estimate of drug-likeness (QED) is 0.329. The van der Waals surface area contributed by atoms with Crippen molar-refractivity contribution in [3.8, 4) is 5.75 Å². The lowest BCUT2D eigenvalue weighted by Gasteiger charge is -2.34. The van der Waals surface area contributed by atoms with Crippen LogP contribution in [0.4, 0.5) is 18.9 Å². The van der Waals surface area contributed by atoms with Crippen LogP contribution in [0.3, 0.4) is 0 Å². The summed E-state index contributed by atoms with van der Waals surface area (Å²) in [4.78, 5) is 15.3. The standard InChI is InChI=1S/C29H29F3N4O2/c1-19-4-3-15-36-27(19)26(20(2)34-36)28(37)33-18-21-5-9-24(10-6-21)35-16-13-23(14-17-35)22-7-11-25(12-8-22)38-29(30,31)32/h3-12,15,23H,13-14,16-18H2,1-2H3,(H,33,37). The summed E-state index contributed by atoms with van der Waals surface area (Å²) in [5.41, 5.74) is 6.27. The highest BCUT2D eigenvalue weighted by Crippen LogP contribution is 2.32. The zero-order valence-electron chi connectivity index (χ0n) is 21.3. The molecule has 0 unspecified atom stereocenters. The lowest BCUT2D eigenvalue weighted by Crippen LogP contribution is -2.32. The van der Waals surface area contributed by atoms with Crippen molar-refractivity contribution in [1.82, 2.24) is 14.9 Å². The minimum atomic E-state index is -4.68. The SMILES string of the molecule is Cc1nn2cccc(C)c2c1C(=O)NCc1ccc(N2CCC(c3ccc(OC(F)(F)F)cc3)CC2)cc1. The van der Waals surface area contributed by atoms with E-state index in [1.54, 1.807) is 16.6 Å². The predicted molar refractivity (Wildman–Crippen MR) is 140 cm³/mol. The molecule has 3 heterocycles. The van der Waals surface area contributed by atoms with Crippen molar-refractivity contribution in [2.45, 2.75) is 45.5 Å². The number of benzene rings is 2. The number of piperidine rings is 1. The Labute approximate surface area is 219 Å². The van der Waals surface area contributed by atoms with Gasteiger partial charge in [0.2, 0.25) is 0 Å². The summed E-state index contributed by atoms with van der Waals surface area (Å²) in [5.74, 6) is -0.0393. The van der Waals surface area contributed by atoms with Crippen LogP contribution in [-0.2, 0) is 6.54 Å². The van der Waals surface area contributed by atoms with Gasteiger partial charge in [0, 0.05) is 31.5 Å². The Balaban J connectivity index is 1.15. The Morgan fingerprint density at radius 3 is 2.37 bits per heavy atom. The van der Waals surface area contributed by atoms with Crippen molar-refractivity contribution in [2.75, 3.05) is 18.0 Å². The van der Waals surface area contributed by atoms with Gasteiger partial charge in [0.15, 0.2) is 0 Å². The Bertz CT molecular complexity index is 1420. The Morgan fingerprint density at radius 2 is 1.71 bits per heavy atom. The molecule has 5 rings (SSSR count). The average molecular weight is 523 g/mol. The van der Waals surface area contributed by atoms with Gasteiger partial charge in [-0.3, -0.25) is 4.79 Å². The molecule has 38 heavy (non-hydrogen) atoms. The van der Waals surface area contributed by atoms with Crippen molar-refractivity contribution < 1.29 is 22.7 Å². The number of alkyl halides is 3. The van der Waals surface area contributed by atoms with Crippen molar-refractivity contribution in [3.05, 3.63) is 94.8 Å². The summed E-state index contributed by atoms with van der Waals surface area (Å²) >= 11 is 0. The molecular formula is C29H29F3N4O2. The first kappa shape index (κ1) is 25.6. The second-order valence-electron chi connectivity index (χ2n) is 9.67. The lowest BCUT2D eigenvalue weighted by atomic mass is 9.89. The van der Waals surface area contributed by atoms with Gasteiger partial charge in [-0.2, -0.15) is 5.10 Å². The van der Waals surface area contributed by atoms with Crippen LogP contribution in [0.15, 0.2) is 66.9 Å². The third-order valence-corrected chi connectivity index (χ3v) is 7.09. The third-order valence-electron chi connectivity index (χ3n) is 7.09. The average Bonchev–Trinajstić information content (AvgIpc) is 3.24. The molecule has 4 aromatic rings. The number of halogens is 3. The van der Waals surface area contributed by atoms with Gasteiger partial charge in [-0.25, -0.2) is 4.52 Å². The molecule has 0 radical (unpaired) electrons. The highest BCUT2D eigenvalue weighted by Gasteiger charge is 2.31. The molecule has 0 bridgehead atoms. The van der Waals surface area contributed by atoms with Gasteiger partial charge in [0.25, 0.3) is 5.91 Å². The van der Waals surface area contributed by atoms with E-state index in [0.717, 1.165) is 53.8 Å². The number of hydrogen-bond acceptors (Lipinski definition) is 4. The van der Waals surface area contributed by atoms with Crippen LogP contribution in [0.5, 0.6) is 5.75 Å². The highest BCUT2D eigenvalue weighted by atomic mass is 19.4. The van der Waals surface area contributed by atoms with Crippen LogP contribution in [-0.4, -0.2) is 35.0 Å². The Hall–Kier alpha value is -4.01. The molecule has 1 fully saturated rings. The van der Waals surface area contributed by atoms with E-state index >= 15 is 0 Å². The molecule has 0 aliphatic carbocycles. The van der Waals surface area contributed by atoms with Gasteiger partial charge in [-0.1, -0.05) is 30.3 Å². The van der Waals surface area contributed by atoms with Gasteiger partial charge in [-0.15, -0.1) is 13.2 Å². The third kappa shape index (κ3) is 5.61. The van der Waals surface area contributed by atoms with E-state index in [1.165, 1.54) is 12.1 Å². The maximum Gasteiger partial charge on any atom is 0.573 e. The van der Waals surface area contributed by atoms with E-state index in [9.17, 15) is 18.0 Å². The smallest absolute Gasteiger partial charge is 0.406 e. The van der Waals surface area contributed by atoms with Crippen molar-refractivity contribution in [2.24, 2.45) is 0 Å². The fraction of sp³-hybridized carbons (Fsp3) is 0.310. The van der Waals surface area contributed by atoms with Crippen LogP contribution < -0.4 is 15.0 Å². The monoisotopic (exact) mass is 522 g/mol. The van der Waals surface area contributed by atoms with E-state index in [1.807, 2.05) is 44.3 Å². The number of amides is 1. The molecule has 0 atom stereocenters. The molecule has 6 nitrogen and oxygen atoms in total. The van der Waals surface area contributed by atoms with Gasteiger partial charge in [0.1, 0.15) is 5.75 Å². The normalized spacial score (nSPS) is 14.6.